The zero-order chi connectivity index (χ0) is 11.1. The minimum atomic E-state index is 0.711. The molecule has 15 heavy (non-hydrogen) atoms. The van der Waals surface area contributed by atoms with Gasteiger partial charge in [-0.15, -0.1) is 0 Å². The Labute approximate surface area is 97.8 Å². The highest BCUT2D eigenvalue weighted by Gasteiger charge is 2.03. The van der Waals surface area contributed by atoms with Crippen LogP contribution in [-0.4, -0.2) is 13.1 Å². The van der Waals surface area contributed by atoms with Crippen LogP contribution in [0.1, 0.15) is 25.8 Å². The molecular weight excluding hydrogens is 206 g/mol. The first kappa shape index (κ1) is 12.5. The van der Waals surface area contributed by atoms with E-state index >= 15 is 0 Å². The van der Waals surface area contributed by atoms with Gasteiger partial charge in [-0.3, -0.25) is 0 Å². The fraction of sp³-hybridized carbons (Fsp3) is 0.538. The van der Waals surface area contributed by atoms with Gasteiger partial charge in [0.1, 0.15) is 0 Å². The molecule has 0 spiro atoms. The molecule has 84 valence electrons. The molecule has 1 atom stereocenters. The molecule has 0 aliphatic carbocycles. The summed E-state index contributed by atoms with van der Waals surface area (Å²) in [6.45, 7) is 6.60. The summed E-state index contributed by atoms with van der Waals surface area (Å²) >= 11 is 5.94. The molecular formula is C13H20ClN. The van der Waals surface area contributed by atoms with Gasteiger partial charge >= 0.3 is 0 Å². The van der Waals surface area contributed by atoms with E-state index in [1.165, 1.54) is 12.0 Å². The number of rotatable bonds is 6. The first-order valence-electron chi connectivity index (χ1n) is 5.67. The van der Waals surface area contributed by atoms with E-state index < -0.39 is 0 Å². The molecule has 1 nitrogen and oxygen atoms in total. The van der Waals surface area contributed by atoms with Crippen molar-refractivity contribution in [3.05, 3.63) is 34.9 Å². The third-order valence-corrected chi connectivity index (χ3v) is 2.77. The van der Waals surface area contributed by atoms with Crippen LogP contribution in [0.25, 0.3) is 0 Å². The molecule has 1 N–H and O–H groups in total. The summed E-state index contributed by atoms with van der Waals surface area (Å²) in [4.78, 5) is 0. The first-order valence-corrected chi connectivity index (χ1v) is 6.05. The van der Waals surface area contributed by atoms with E-state index in [9.17, 15) is 0 Å². The SMILES string of the molecule is CCNCCC(C)Cc1cccc(Cl)c1. The minimum Gasteiger partial charge on any atom is -0.317 e. The zero-order valence-corrected chi connectivity index (χ0v) is 10.3. The second-order valence-electron chi connectivity index (χ2n) is 4.08. The molecule has 2 heteroatoms. The van der Waals surface area contributed by atoms with Gasteiger partial charge in [-0.05, 0) is 49.5 Å². The molecule has 0 saturated heterocycles. The average molecular weight is 226 g/mol. The average Bonchev–Trinajstić information content (AvgIpc) is 2.18. The Kier molecular flexibility index (Phi) is 5.74. The summed E-state index contributed by atoms with van der Waals surface area (Å²) in [5, 5.41) is 4.19. The van der Waals surface area contributed by atoms with Crippen LogP contribution in [0.3, 0.4) is 0 Å². The molecule has 0 aromatic heterocycles. The lowest BCUT2D eigenvalue weighted by Crippen LogP contribution is -2.17. The highest BCUT2D eigenvalue weighted by atomic mass is 35.5. The third-order valence-electron chi connectivity index (χ3n) is 2.54. The van der Waals surface area contributed by atoms with E-state index in [1.807, 2.05) is 12.1 Å². The van der Waals surface area contributed by atoms with Crippen molar-refractivity contribution < 1.29 is 0 Å². The van der Waals surface area contributed by atoms with E-state index in [0.717, 1.165) is 24.5 Å². The fourth-order valence-corrected chi connectivity index (χ4v) is 1.91. The molecule has 1 rings (SSSR count). The van der Waals surface area contributed by atoms with Gasteiger partial charge < -0.3 is 5.32 Å². The van der Waals surface area contributed by atoms with Gasteiger partial charge in [0, 0.05) is 5.02 Å². The topological polar surface area (TPSA) is 12.0 Å². The number of hydrogen-bond acceptors (Lipinski definition) is 1. The molecule has 0 aliphatic rings. The van der Waals surface area contributed by atoms with E-state index in [4.69, 9.17) is 11.6 Å². The van der Waals surface area contributed by atoms with Gasteiger partial charge in [-0.1, -0.05) is 37.6 Å². The maximum absolute atomic E-state index is 5.94. The monoisotopic (exact) mass is 225 g/mol. The molecule has 0 bridgehead atoms. The quantitative estimate of drug-likeness (QED) is 0.731. The summed E-state index contributed by atoms with van der Waals surface area (Å²) < 4.78 is 0. The van der Waals surface area contributed by atoms with Crippen LogP contribution >= 0.6 is 11.6 Å². The normalized spacial score (nSPS) is 12.7. The molecule has 1 unspecified atom stereocenters. The molecule has 0 amide bonds. The first-order chi connectivity index (χ1) is 7.22. The predicted molar refractivity (Wildman–Crippen MR) is 67.5 cm³/mol. The van der Waals surface area contributed by atoms with Crippen molar-refractivity contribution in [3.8, 4) is 0 Å². The Morgan fingerprint density at radius 3 is 2.87 bits per heavy atom. The Morgan fingerprint density at radius 1 is 1.40 bits per heavy atom. The standard InChI is InChI=1S/C13H20ClN/c1-3-15-8-7-11(2)9-12-5-4-6-13(14)10-12/h4-6,10-11,15H,3,7-9H2,1-2H3. The molecule has 0 aliphatic heterocycles. The van der Waals surface area contributed by atoms with Crippen LogP contribution in [-0.2, 0) is 6.42 Å². The lowest BCUT2D eigenvalue weighted by atomic mass is 9.98. The maximum atomic E-state index is 5.94. The van der Waals surface area contributed by atoms with Crippen LogP contribution < -0.4 is 5.32 Å². The largest absolute Gasteiger partial charge is 0.317 e. The second kappa shape index (κ2) is 6.86. The van der Waals surface area contributed by atoms with Crippen LogP contribution in [0.4, 0.5) is 0 Å². The van der Waals surface area contributed by atoms with Crippen LogP contribution in [0.5, 0.6) is 0 Å². The number of hydrogen-bond donors (Lipinski definition) is 1. The van der Waals surface area contributed by atoms with Gasteiger partial charge in [0.05, 0.1) is 0 Å². The van der Waals surface area contributed by atoms with E-state index in [0.29, 0.717) is 5.92 Å². The summed E-state index contributed by atoms with van der Waals surface area (Å²) in [5.41, 5.74) is 1.34. The number of benzene rings is 1. The zero-order valence-electron chi connectivity index (χ0n) is 9.59. The third kappa shape index (κ3) is 5.19. The Morgan fingerprint density at radius 2 is 2.20 bits per heavy atom. The van der Waals surface area contributed by atoms with Crippen molar-refractivity contribution in [3.63, 3.8) is 0 Å². The van der Waals surface area contributed by atoms with E-state index in [2.05, 4.69) is 31.3 Å². The lowest BCUT2D eigenvalue weighted by Gasteiger charge is -2.11. The summed E-state index contributed by atoms with van der Waals surface area (Å²) in [7, 11) is 0. The van der Waals surface area contributed by atoms with Crippen LogP contribution in [0.15, 0.2) is 24.3 Å². The molecule has 0 saturated carbocycles. The van der Waals surface area contributed by atoms with Crippen molar-refractivity contribution in [2.45, 2.75) is 26.7 Å². The van der Waals surface area contributed by atoms with Crippen molar-refractivity contribution in [2.75, 3.05) is 13.1 Å². The van der Waals surface area contributed by atoms with Gasteiger partial charge in [-0.2, -0.15) is 0 Å². The van der Waals surface area contributed by atoms with Gasteiger partial charge in [0.15, 0.2) is 0 Å². The Balaban J connectivity index is 2.34. The van der Waals surface area contributed by atoms with Crippen molar-refractivity contribution in [1.29, 1.82) is 0 Å². The van der Waals surface area contributed by atoms with Crippen molar-refractivity contribution in [1.82, 2.24) is 5.32 Å². The molecule has 0 fully saturated rings. The summed E-state index contributed by atoms with van der Waals surface area (Å²) in [6, 6.07) is 8.16. The maximum Gasteiger partial charge on any atom is 0.0408 e. The minimum absolute atomic E-state index is 0.711. The Hall–Kier alpha value is -0.530. The fourth-order valence-electron chi connectivity index (χ4n) is 1.69. The second-order valence-corrected chi connectivity index (χ2v) is 4.52. The predicted octanol–water partition coefficient (Wildman–Crippen LogP) is 3.52. The molecule has 1 aromatic rings. The molecule has 0 radical (unpaired) electrons. The lowest BCUT2D eigenvalue weighted by molar-refractivity contribution is 0.504. The van der Waals surface area contributed by atoms with Crippen molar-refractivity contribution >= 4 is 11.6 Å². The number of halogens is 1. The molecule has 1 aromatic carbocycles. The van der Waals surface area contributed by atoms with Crippen LogP contribution in [0.2, 0.25) is 5.02 Å². The van der Waals surface area contributed by atoms with Crippen molar-refractivity contribution in [2.24, 2.45) is 5.92 Å². The van der Waals surface area contributed by atoms with Crippen LogP contribution in [0, 0.1) is 5.92 Å². The summed E-state index contributed by atoms with van der Waals surface area (Å²) in [5.74, 6) is 0.711. The van der Waals surface area contributed by atoms with E-state index in [-0.39, 0.29) is 0 Å². The van der Waals surface area contributed by atoms with E-state index in [1.54, 1.807) is 0 Å². The highest BCUT2D eigenvalue weighted by molar-refractivity contribution is 6.30. The number of nitrogens with one attached hydrogen (secondary N) is 1. The van der Waals surface area contributed by atoms with Gasteiger partial charge in [-0.25, -0.2) is 0 Å². The Bertz CT molecular complexity index is 286. The van der Waals surface area contributed by atoms with Gasteiger partial charge in [0.25, 0.3) is 0 Å². The van der Waals surface area contributed by atoms with Gasteiger partial charge in [0.2, 0.25) is 0 Å². The summed E-state index contributed by atoms with van der Waals surface area (Å²) in [6.07, 6.45) is 2.34. The smallest absolute Gasteiger partial charge is 0.0408 e. The molecule has 0 heterocycles. The highest BCUT2D eigenvalue weighted by Crippen LogP contribution is 2.15.